The molecule has 5 nitrogen and oxygen atoms in total. The highest BCUT2D eigenvalue weighted by Gasteiger charge is 2.18. The number of aryl methyl sites for hydroxylation is 1. The lowest BCUT2D eigenvalue weighted by molar-refractivity contribution is 0.0998. The van der Waals surface area contributed by atoms with Crippen LogP contribution in [0.15, 0.2) is 10.9 Å². The van der Waals surface area contributed by atoms with E-state index in [1.807, 2.05) is 0 Å². The summed E-state index contributed by atoms with van der Waals surface area (Å²) in [6.07, 6.45) is 2.30. The molecule has 0 spiro atoms. The van der Waals surface area contributed by atoms with Gasteiger partial charge in [-0.05, 0) is 30.9 Å². The first-order valence-electron chi connectivity index (χ1n) is 4.88. The molecular formula is C10H13N3O2. The van der Waals surface area contributed by atoms with Crippen molar-refractivity contribution < 1.29 is 4.79 Å². The van der Waals surface area contributed by atoms with Crippen molar-refractivity contribution in [1.29, 1.82) is 0 Å². The topological polar surface area (TPSA) is 102 Å². The number of fused-ring (bicyclic) bond motifs is 1. The molecule has 1 heterocycles. The smallest absolute Gasteiger partial charge is 0.261 e. The zero-order valence-corrected chi connectivity index (χ0v) is 8.25. The fourth-order valence-electron chi connectivity index (χ4n) is 1.91. The van der Waals surface area contributed by atoms with E-state index in [2.05, 4.69) is 4.98 Å². The normalized spacial score (nSPS) is 19.7. The van der Waals surface area contributed by atoms with Crippen LogP contribution in [-0.4, -0.2) is 16.9 Å². The summed E-state index contributed by atoms with van der Waals surface area (Å²) in [5.74, 6) is -0.696. The fourth-order valence-corrected chi connectivity index (χ4v) is 1.91. The van der Waals surface area contributed by atoms with Crippen LogP contribution in [-0.2, 0) is 12.8 Å². The molecule has 0 aliphatic heterocycles. The summed E-state index contributed by atoms with van der Waals surface area (Å²) in [5.41, 5.74) is 12.3. The molecule has 80 valence electrons. The molecule has 0 saturated carbocycles. The third-order valence-corrected chi connectivity index (χ3v) is 2.73. The van der Waals surface area contributed by atoms with Gasteiger partial charge in [-0.15, -0.1) is 0 Å². The van der Waals surface area contributed by atoms with Crippen molar-refractivity contribution in [3.05, 3.63) is 33.2 Å². The number of hydrogen-bond acceptors (Lipinski definition) is 3. The number of carbonyl (C=O) groups is 1. The Labute approximate surface area is 86.5 Å². The van der Waals surface area contributed by atoms with Crippen molar-refractivity contribution in [2.24, 2.45) is 11.5 Å². The maximum Gasteiger partial charge on any atom is 0.261 e. The predicted molar refractivity (Wildman–Crippen MR) is 55.6 cm³/mol. The SMILES string of the molecule is NC(=O)c1cc2c([nH]c1=O)CCC(N)C2. The number of aromatic nitrogens is 1. The van der Waals surface area contributed by atoms with Crippen LogP contribution >= 0.6 is 0 Å². The van der Waals surface area contributed by atoms with E-state index in [1.165, 1.54) is 0 Å². The van der Waals surface area contributed by atoms with E-state index < -0.39 is 11.5 Å². The quantitative estimate of drug-likeness (QED) is 0.566. The lowest BCUT2D eigenvalue weighted by Crippen LogP contribution is -2.32. The number of nitrogens with two attached hydrogens (primary N) is 2. The molecule has 1 atom stereocenters. The van der Waals surface area contributed by atoms with Crippen molar-refractivity contribution in [3.8, 4) is 0 Å². The molecule has 1 aromatic rings. The third-order valence-electron chi connectivity index (χ3n) is 2.73. The number of aromatic amines is 1. The highest BCUT2D eigenvalue weighted by atomic mass is 16.2. The first-order chi connectivity index (χ1) is 7.08. The van der Waals surface area contributed by atoms with Crippen LogP contribution in [0.3, 0.4) is 0 Å². The standard InChI is InChI=1S/C10H13N3O2/c11-6-1-2-8-5(3-6)4-7(9(12)14)10(15)13-8/h4,6H,1-3,11H2,(H2,12,14)(H,13,15). The van der Waals surface area contributed by atoms with Gasteiger partial charge in [0.15, 0.2) is 0 Å². The summed E-state index contributed by atoms with van der Waals surface area (Å²) in [6, 6.07) is 1.67. The predicted octanol–water partition coefficient (Wildman–Crippen LogP) is -0.710. The summed E-state index contributed by atoms with van der Waals surface area (Å²) in [5, 5.41) is 0. The summed E-state index contributed by atoms with van der Waals surface area (Å²) >= 11 is 0. The number of nitrogens with one attached hydrogen (secondary N) is 1. The fraction of sp³-hybridized carbons (Fsp3) is 0.400. The van der Waals surface area contributed by atoms with Gasteiger partial charge in [-0.25, -0.2) is 0 Å². The van der Waals surface area contributed by atoms with Gasteiger partial charge in [0, 0.05) is 11.7 Å². The van der Waals surface area contributed by atoms with Gasteiger partial charge >= 0.3 is 0 Å². The molecule has 0 fully saturated rings. The number of H-pyrrole nitrogens is 1. The Balaban J connectivity index is 2.52. The highest BCUT2D eigenvalue weighted by Crippen LogP contribution is 2.17. The van der Waals surface area contributed by atoms with Crippen molar-refractivity contribution >= 4 is 5.91 Å². The third kappa shape index (κ3) is 1.78. The lowest BCUT2D eigenvalue weighted by atomic mass is 9.91. The summed E-state index contributed by atoms with van der Waals surface area (Å²) in [4.78, 5) is 25.1. The van der Waals surface area contributed by atoms with Crippen molar-refractivity contribution in [1.82, 2.24) is 4.98 Å². The molecule has 1 aliphatic carbocycles. The van der Waals surface area contributed by atoms with Gasteiger partial charge in [-0.3, -0.25) is 9.59 Å². The van der Waals surface area contributed by atoms with Crippen LogP contribution in [0.1, 0.15) is 28.0 Å². The molecule has 0 radical (unpaired) electrons. The van der Waals surface area contributed by atoms with Crippen LogP contribution < -0.4 is 17.0 Å². The summed E-state index contributed by atoms with van der Waals surface area (Å²) in [6.45, 7) is 0. The summed E-state index contributed by atoms with van der Waals surface area (Å²) < 4.78 is 0. The van der Waals surface area contributed by atoms with Crippen molar-refractivity contribution in [2.75, 3.05) is 0 Å². The molecular weight excluding hydrogens is 194 g/mol. The monoisotopic (exact) mass is 207 g/mol. The number of primary amides is 1. The van der Waals surface area contributed by atoms with Gasteiger partial charge in [-0.1, -0.05) is 0 Å². The molecule has 1 aliphatic rings. The number of pyridine rings is 1. The Hall–Kier alpha value is -1.62. The largest absolute Gasteiger partial charge is 0.365 e. The minimum atomic E-state index is -0.696. The van der Waals surface area contributed by atoms with Gasteiger partial charge in [0.25, 0.3) is 11.5 Å². The Morgan fingerprint density at radius 3 is 2.93 bits per heavy atom. The minimum absolute atomic E-state index is 0.0165. The van der Waals surface area contributed by atoms with E-state index in [9.17, 15) is 9.59 Å². The van der Waals surface area contributed by atoms with Crippen molar-refractivity contribution in [2.45, 2.75) is 25.3 Å². The average molecular weight is 207 g/mol. The molecule has 5 heteroatoms. The summed E-state index contributed by atoms with van der Waals surface area (Å²) in [7, 11) is 0. The second-order valence-corrected chi connectivity index (χ2v) is 3.88. The molecule has 0 saturated heterocycles. The maximum atomic E-state index is 11.4. The molecule has 15 heavy (non-hydrogen) atoms. The first-order valence-corrected chi connectivity index (χ1v) is 4.88. The molecule has 1 unspecified atom stereocenters. The van der Waals surface area contributed by atoms with Crippen molar-refractivity contribution in [3.63, 3.8) is 0 Å². The van der Waals surface area contributed by atoms with Gasteiger partial charge in [-0.2, -0.15) is 0 Å². The molecule has 5 N–H and O–H groups in total. The molecule has 2 rings (SSSR count). The van der Waals surface area contributed by atoms with E-state index in [0.29, 0.717) is 6.42 Å². The molecule has 0 aromatic carbocycles. The van der Waals surface area contributed by atoms with Gasteiger partial charge in [0.2, 0.25) is 0 Å². The van der Waals surface area contributed by atoms with Crippen LogP contribution in [0, 0.1) is 0 Å². The van der Waals surface area contributed by atoms with Crippen LogP contribution in [0.25, 0.3) is 0 Å². The Morgan fingerprint density at radius 2 is 2.27 bits per heavy atom. The molecule has 0 bridgehead atoms. The van der Waals surface area contributed by atoms with E-state index in [4.69, 9.17) is 11.5 Å². The number of rotatable bonds is 1. The average Bonchev–Trinajstić information content (AvgIpc) is 2.17. The Kier molecular flexibility index (Phi) is 2.32. The Bertz CT molecular complexity index is 464. The number of carbonyl (C=O) groups excluding carboxylic acids is 1. The molecule has 1 amide bonds. The maximum absolute atomic E-state index is 11.4. The van der Waals surface area contributed by atoms with E-state index >= 15 is 0 Å². The second-order valence-electron chi connectivity index (χ2n) is 3.88. The van der Waals surface area contributed by atoms with Crippen LogP contribution in [0.4, 0.5) is 0 Å². The lowest BCUT2D eigenvalue weighted by Gasteiger charge is -2.20. The van der Waals surface area contributed by atoms with E-state index in [-0.39, 0.29) is 11.6 Å². The zero-order valence-electron chi connectivity index (χ0n) is 8.25. The first kappa shape index (κ1) is 9.92. The van der Waals surface area contributed by atoms with Gasteiger partial charge in [0.1, 0.15) is 5.56 Å². The van der Waals surface area contributed by atoms with E-state index in [1.54, 1.807) is 6.07 Å². The van der Waals surface area contributed by atoms with Crippen LogP contribution in [0.5, 0.6) is 0 Å². The van der Waals surface area contributed by atoms with Gasteiger partial charge < -0.3 is 16.5 Å². The number of hydrogen-bond donors (Lipinski definition) is 3. The Morgan fingerprint density at radius 1 is 1.53 bits per heavy atom. The minimum Gasteiger partial charge on any atom is -0.365 e. The number of amides is 1. The molecule has 1 aromatic heterocycles. The second kappa shape index (κ2) is 3.51. The highest BCUT2D eigenvalue weighted by molar-refractivity contribution is 5.92. The zero-order chi connectivity index (χ0) is 11.0. The van der Waals surface area contributed by atoms with Gasteiger partial charge in [0.05, 0.1) is 0 Å². The van der Waals surface area contributed by atoms with Crippen LogP contribution in [0.2, 0.25) is 0 Å². The van der Waals surface area contributed by atoms with E-state index in [0.717, 1.165) is 24.1 Å².